The second kappa shape index (κ2) is 12.0. The molecule has 0 aliphatic carbocycles. The number of benzene rings is 4. The number of para-hydroxylation sites is 2. The molecule has 7 heterocycles. The summed E-state index contributed by atoms with van der Waals surface area (Å²) in [5, 5.41) is 5.53. The summed E-state index contributed by atoms with van der Waals surface area (Å²) in [5.41, 5.74) is 17.3. The Morgan fingerprint density at radius 2 is 1.06 bits per heavy atom. The molecule has 4 aromatic carbocycles. The summed E-state index contributed by atoms with van der Waals surface area (Å²) in [6, 6.07) is 39.0. The molecule has 5 aromatic heterocycles. The van der Waals surface area contributed by atoms with Crippen LogP contribution in [0.5, 0.6) is 0 Å². The molecule has 54 heavy (non-hydrogen) atoms. The van der Waals surface area contributed by atoms with Gasteiger partial charge in [0.25, 0.3) is 0 Å². The lowest BCUT2D eigenvalue weighted by molar-refractivity contribution is 1.01. The lowest BCUT2D eigenvalue weighted by Crippen LogP contribution is -1.90. The molecular formula is C46H30Br2N6. The van der Waals surface area contributed by atoms with Crippen LogP contribution in [0.2, 0.25) is 0 Å². The molecule has 0 amide bonds. The van der Waals surface area contributed by atoms with Gasteiger partial charge >= 0.3 is 0 Å². The first-order chi connectivity index (χ1) is 26.5. The van der Waals surface area contributed by atoms with Crippen LogP contribution in [-0.2, 0) is 12.4 Å². The Labute approximate surface area is 326 Å². The second-order valence-corrected chi connectivity index (χ2v) is 15.3. The lowest BCUT2D eigenvalue weighted by atomic mass is 10.0. The van der Waals surface area contributed by atoms with Gasteiger partial charge < -0.3 is 19.5 Å². The van der Waals surface area contributed by atoms with Crippen LogP contribution in [-0.4, -0.2) is 29.5 Å². The van der Waals surface area contributed by atoms with Crippen LogP contribution in [0.3, 0.4) is 0 Å². The molecule has 8 heteroatoms. The quantitative estimate of drug-likeness (QED) is 0.155. The number of hydrogen-bond acceptors (Lipinski definition) is 2. The minimum atomic E-state index is 0.629. The highest BCUT2D eigenvalue weighted by molar-refractivity contribution is 9.10. The van der Waals surface area contributed by atoms with Crippen molar-refractivity contribution in [1.82, 2.24) is 29.5 Å². The number of nitrogens with zero attached hydrogens (tertiary/aromatic N) is 3. The van der Waals surface area contributed by atoms with Gasteiger partial charge in [-0.2, -0.15) is 0 Å². The van der Waals surface area contributed by atoms with Crippen LogP contribution < -0.4 is 0 Å². The van der Waals surface area contributed by atoms with E-state index >= 15 is 0 Å². The van der Waals surface area contributed by atoms with E-state index < -0.39 is 0 Å². The third kappa shape index (κ3) is 4.76. The van der Waals surface area contributed by atoms with Gasteiger partial charge in [-0.05, 0) is 99.9 Å². The number of nitrogens with one attached hydrogen (secondary N) is 3. The molecule has 0 fully saturated rings. The predicted molar refractivity (Wildman–Crippen MR) is 233 cm³/mol. The summed E-state index contributed by atoms with van der Waals surface area (Å²) >= 11 is 7.77. The number of alkyl halides is 1. The first-order valence-electron chi connectivity index (χ1n) is 17.9. The van der Waals surface area contributed by atoms with Crippen molar-refractivity contribution < 1.29 is 0 Å². The highest BCUT2D eigenvalue weighted by Gasteiger charge is 2.18. The van der Waals surface area contributed by atoms with Gasteiger partial charge in [-0.15, -0.1) is 0 Å². The molecule has 0 radical (unpaired) electrons. The fourth-order valence-electron chi connectivity index (χ4n) is 8.30. The summed E-state index contributed by atoms with van der Waals surface area (Å²) in [5.74, 6) is 0. The minimum Gasteiger partial charge on any atom is -0.355 e. The number of aryl methyl sites for hydroxylation is 1. The summed E-state index contributed by atoms with van der Waals surface area (Å²) in [6.07, 6.45) is 8.46. The van der Waals surface area contributed by atoms with Crippen molar-refractivity contribution >= 4 is 122 Å². The number of rotatable bonds is 3. The van der Waals surface area contributed by atoms with Gasteiger partial charge in [-0.25, -0.2) is 9.97 Å². The lowest BCUT2D eigenvalue weighted by Gasteiger charge is -2.06. The number of aromatic nitrogens is 6. The third-order valence-electron chi connectivity index (χ3n) is 10.9. The van der Waals surface area contributed by atoms with E-state index in [0.29, 0.717) is 5.33 Å². The Kier molecular flexibility index (Phi) is 7.03. The van der Waals surface area contributed by atoms with E-state index in [1.54, 1.807) is 0 Å². The summed E-state index contributed by atoms with van der Waals surface area (Å²) in [7, 11) is 2.14. The molecule has 11 rings (SSSR count). The highest BCUT2D eigenvalue weighted by Crippen LogP contribution is 2.39. The molecular weight excluding hydrogens is 796 g/mol. The SMILES string of the molecule is Cn1c2ccccc2c2ccc(-c3c4nc(c(Br)c5ccc([nH]5)c(-c5ccc6c(c5)[nH]c5ccccc56)c5nc(c(CBr)c6ccc3[nH]6)C=C5)C=C4)cc21. The Bertz CT molecular complexity index is 3300. The van der Waals surface area contributed by atoms with Crippen LogP contribution in [0.15, 0.2) is 114 Å². The van der Waals surface area contributed by atoms with E-state index in [1.165, 1.54) is 32.6 Å². The normalized spacial score (nSPS) is 12.6. The van der Waals surface area contributed by atoms with Gasteiger partial charge in [-0.3, -0.25) is 0 Å². The molecule has 2 aliphatic heterocycles. The third-order valence-corrected chi connectivity index (χ3v) is 12.3. The van der Waals surface area contributed by atoms with Gasteiger partial charge in [0.2, 0.25) is 0 Å². The van der Waals surface area contributed by atoms with E-state index in [4.69, 9.17) is 9.97 Å². The average Bonchev–Trinajstić information content (AvgIpc) is 4.06. The Hall–Kier alpha value is -5.96. The minimum absolute atomic E-state index is 0.629. The maximum Gasteiger partial charge on any atom is 0.0801 e. The monoisotopic (exact) mass is 824 g/mol. The van der Waals surface area contributed by atoms with Crippen LogP contribution in [0, 0.1) is 0 Å². The molecule has 0 saturated carbocycles. The van der Waals surface area contributed by atoms with Crippen LogP contribution in [0.1, 0.15) is 28.3 Å². The number of aromatic amines is 3. The summed E-state index contributed by atoms with van der Waals surface area (Å²) in [6.45, 7) is 0. The van der Waals surface area contributed by atoms with E-state index in [0.717, 1.165) is 88.2 Å². The van der Waals surface area contributed by atoms with Crippen molar-refractivity contribution in [2.75, 3.05) is 0 Å². The molecule has 2 aliphatic rings. The van der Waals surface area contributed by atoms with Crippen LogP contribution in [0.25, 0.3) is 112 Å². The molecule has 3 N–H and O–H groups in total. The number of H-pyrrole nitrogens is 3. The van der Waals surface area contributed by atoms with Gasteiger partial charge in [0.15, 0.2) is 0 Å². The standard InChI is InChI=1S/C46H30Br2N6/c1-54-42-9-5-3-7-29(42)30-13-11-26(23-43(30)54)45-36-17-15-34(50-36)31(24-47)33-14-16-35(49-33)44(37-18-20-39(52-37)46(48)40-21-19-38(45)53-40)25-10-12-28-27-6-2-4-8-32(27)51-41(28)22-25/h2-23,50-52H,24H2,1H3. The molecule has 0 spiro atoms. The van der Waals surface area contributed by atoms with Crippen molar-refractivity contribution in [3.05, 3.63) is 142 Å². The van der Waals surface area contributed by atoms with Crippen molar-refractivity contribution in [3.8, 4) is 22.3 Å². The fourth-order valence-corrected chi connectivity index (χ4v) is 9.35. The van der Waals surface area contributed by atoms with Gasteiger partial charge in [-0.1, -0.05) is 76.6 Å². The van der Waals surface area contributed by atoms with Gasteiger partial charge in [0.1, 0.15) is 0 Å². The topological polar surface area (TPSA) is 78.1 Å². The van der Waals surface area contributed by atoms with E-state index in [1.807, 2.05) is 0 Å². The molecule has 6 nitrogen and oxygen atoms in total. The number of hydrogen-bond donors (Lipinski definition) is 3. The number of fused-ring (bicyclic) bond motifs is 14. The molecule has 0 atom stereocenters. The first kappa shape index (κ1) is 31.6. The molecule has 9 aromatic rings. The molecule has 8 bridgehead atoms. The molecule has 258 valence electrons. The van der Waals surface area contributed by atoms with E-state index in [-0.39, 0.29) is 0 Å². The zero-order valence-electron chi connectivity index (χ0n) is 29.0. The van der Waals surface area contributed by atoms with Crippen LogP contribution >= 0.6 is 31.9 Å². The Balaban J connectivity index is 1.20. The first-order valence-corrected chi connectivity index (χ1v) is 19.8. The maximum atomic E-state index is 5.32. The van der Waals surface area contributed by atoms with Crippen molar-refractivity contribution in [2.24, 2.45) is 7.05 Å². The predicted octanol–water partition coefficient (Wildman–Crippen LogP) is 12.9. The molecule has 0 unspecified atom stereocenters. The van der Waals surface area contributed by atoms with Crippen molar-refractivity contribution in [1.29, 1.82) is 0 Å². The van der Waals surface area contributed by atoms with Crippen molar-refractivity contribution in [3.63, 3.8) is 0 Å². The number of halogens is 2. The summed E-state index contributed by atoms with van der Waals surface area (Å²) in [4.78, 5) is 21.7. The summed E-state index contributed by atoms with van der Waals surface area (Å²) < 4.78 is 3.17. The Morgan fingerprint density at radius 1 is 0.500 bits per heavy atom. The molecule has 0 saturated heterocycles. The fraction of sp³-hybridized carbons (Fsp3) is 0.0435. The maximum absolute atomic E-state index is 5.32. The van der Waals surface area contributed by atoms with Crippen molar-refractivity contribution in [2.45, 2.75) is 5.33 Å². The zero-order valence-corrected chi connectivity index (χ0v) is 32.2. The zero-order chi connectivity index (χ0) is 36.1. The van der Waals surface area contributed by atoms with Gasteiger partial charge in [0.05, 0.1) is 32.8 Å². The highest BCUT2D eigenvalue weighted by atomic mass is 79.9. The van der Waals surface area contributed by atoms with Gasteiger partial charge in [0, 0.05) is 89.2 Å². The van der Waals surface area contributed by atoms with E-state index in [9.17, 15) is 0 Å². The average molecular weight is 827 g/mol. The smallest absolute Gasteiger partial charge is 0.0801 e. The Morgan fingerprint density at radius 3 is 1.85 bits per heavy atom. The largest absolute Gasteiger partial charge is 0.355 e. The second-order valence-electron chi connectivity index (χ2n) is 13.9. The van der Waals surface area contributed by atoms with Crippen LogP contribution in [0.4, 0.5) is 0 Å². The van der Waals surface area contributed by atoms with E-state index in [2.05, 4.69) is 192 Å².